The molecule has 0 heteroatoms. The van der Waals surface area contributed by atoms with Crippen molar-refractivity contribution in [1.82, 2.24) is 0 Å². The van der Waals surface area contributed by atoms with Gasteiger partial charge in [0.05, 0.1) is 0 Å². The molecule has 28 heavy (non-hydrogen) atoms. The third kappa shape index (κ3) is 4.13. The second kappa shape index (κ2) is 9.01. The first kappa shape index (κ1) is 18.0. The van der Waals surface area contributed by atoms with E-state index >= 15 is 0 Å². The van der Waals surface area contributed by atoms with Crippen LogP contribution in [0.15, 0.2) is 133 Å². The zero-order chi connectivity index (χ0) is 19.0. The Morgan fingerprint density at radius 2 is 0.929 bits per heavy atom. The molecule has 0 unspecified atom stereocenters. The molecule has 2 aromatic carbocycles. The van der Waals surface area contributed by atoms with E-state index < -0.39 is 0 Å². The number of benzene rings is 2. The molecule has 136 valence electrons. The first-order valence-corrected chi connectivity index (χ1v) is 9.86. The fourth-order valence-corrected chi connectivity index (χ4v) is 3.61. The van der Waals surface area contributed by atoms with Crippen LogP contribution in [0.2, 0.25) is 0 Å². The van der Waals surface area contributed by atoms with Crippen molar-refractivity contribution in [2.45, 2.75) is 12.8 Å². The molecule has 0 saturated heterocycles. The van der Waals surface area contributed by atoms with E-state index in [1.54, 1.807) is 0 Å². The molecule has 0 bridgehead atoms. The Kier molecular flexibility index (Phi) is 5.80. The molecule has 0 nitrogen and oxygen atoms in total. The molecule has 0 N–H and O–H groups in total. The van der Waals surface area contributed by atoms with Gasteiger partial charge in [-0.15, -0.1) is 0 Å². The highest BCUT2D eigenvalue weighted by atomic mass is 14.2. The number of hydrogen-bond acceptors (Lipinski definition) is 0. The van der Waals surface area contributed by atoms with Gasteiger partial charge in [0.1, 0.15) is 0 Å². The van der Waals surface area contributed by atoms with Crippen molar-refractivity contribution < 1.29 is 0 Å². The predicted octanol–water partition coefficient (Wildman–Crippen LogP) is 7.48. The van der Waals surface area contributed by atoms with Crippen molar-refractivity contribution >= 4 is 11.1 Å². The molecule has 0 saturated carbocycles. The van der Waals surface area contributed by atoms with E-state index in [-0.39, 0.29) is 0 Å². The Morgan fingerprint density at radius 3 is 1.36 bits per heavy atom. The monoisotopic (exact) mass is 360 g/mol. The normalized spacial score (nSPS) is 16.7. The van der Waals surface area contributed by atoms with Crippen molar-refractivity contribution in [3.8, 4) is 0 Å². The van der Waals surface area contributed by atoms with Crippen LogP contribution in [0.4, 0.5) is 0 Å². The Morgan fingerprint density at radius 1 is 0.500 bits per heavy atom. The van der Waals surface area contributed by atoms with Crippen LogP contribution in [0, 0.1) is 0 Å². The zero-order valence-electron chi connectivity index (χ0n) is 16.0. The minimum Gasteiger partial charge on any atom is -0.0807 e. The standard InChI is InChI=1S/C28H24/c1-2-8-16-23(15-7-1)27(25-19-11-5-12-20-25)28(26-21-13-6-14-22-26)24-17-9-3-4-10-18-24/h1,3,5-22H,2,4H2/b28-27+. The molecule has 0 aliphatic heterocycles. The molecular formula is C28H24. The van der Waals surface area contributed by atoms with Crippen molar-refractivity contribution in [3.05, 3.63) is 144 Å². The maximum Gasteiger partial charge on any atom is -0.00269 e. The topological polar surface area (TPSA) is 0 Å². The third-order valence-corrected chi connectivity index (χ3v) is 4.92. The summed E-state index contributed by atoms with van der Waals surface area (Å²) in [5.74, 6) is 0. The zero-order valence-corrected chi connectivity index (χ0v) is 16.0. The summed E-state index contributed by atoms with van der Waals surface area (Å²) in [5.41, 5.74) is 7.47. The molecule has 2 aliphatic carbocycles. The highest BCUT2D eigenvalue weighted by molar-refractivity contribution is 6.06. The summed E-state index contributed by atoms with van der Waals surface area (Å²) in [7, 11) is 0. The van der Waals surface area contributed by atoms with E-state index in [1.807, 2.05) is 0 Å². The van der Waals surface area contributed by atoms with Crippen molar-refractivity contribution in [1.29, 1.82) is 0 Å². The van der Waals surface area contributed by atoms with E-state index in [1.165, 1.54) is 33.4 Å². The van der Waals surface area contributed by atoms with Crippen LogP contribution in [0.3, 0.4) is 0 Å². The molecule has 0 spiro atoms. The van der Waals surface area contributed by atoms with Gasteiger partial charge in [-0.05, 0) is 46.3 Å². The summed E-state index contributed by atoms with van der Waals surface area (Å²) in [6, 6.07) is 21.4. The van der Waals surface area contributed by atoms with Gasteiger partial charge in [-0.3, -0.25) is 0 Å². The average molecular weight is 361 g/mol. The SMILES string of the molecule is C1=CCC=CC(/C(=C(/C2=CC=CCC=C2)c2ccccc2)c2ccccc2)=C1. The Balaban J connectivity index is 2.05. The van der Waals surface area contributed by atoms with Crippen LogP contribution >= 0.6 is 0 Å². The second-order valence-corrected chi connectivity index (χ2v) is 6.86. The Labute approximate surface area is 167 Å². The summed E-state index contributed by atoms with van der Waals surface area (Å²) < 4.78 is 0. The van der Waals surface area contributed by atoms with Gasteiger partial charge in [0, 0.05) is 0 Å². The Bertz CT molecular complexity index is 934. The van der Waals surface area contributed by atoms with Crippen LogP contribution in [0.1, 0.15) is 24.0 Å². The van der Waals surface area contributed by atoms with Crippen molar-refractivity contribution in [3.63, 3.8) is 0 Å². The molecule has 4 rings (SSSR count). The van der Waals surface area contributed by atoms with Gasteiger partial charge in [0.25, 0.3) is 0 Å². The minimum atomic E-state index is 0.966. The van der Waals surface area contributed by atoms with Crippen LogP contribution in [-0.4, -0.2) is 0 Å². The molecule has 2 aromatic rings. The highest BCUT2D eigenvalue weighted by Gasteiger charge is 2.17. The molecule has 0 heterocycles. The van der Waals surface area contributed by atoms with E-state index in [9.17, 15) is 0 Å². The van der Waals surface area contributed by atoms with E-state index in [2.05, 4.69) is 121 Å². The lowest BCUT2D eigenvalue weighted by Gasteiger charge is -2.19. The highest BCUT2D eigenvalue weighted by Crippen LogP contribution is 2.38. The summed E-state index contributed by atoms with van der Waals surface area (Å²) in [4.78, 5) is 0. The lowest BCUT2D eigenvalue weighted by atomic mass is 9.84. The molecule has 0 radical (unpaired) electrons. The summed E-state index contributed by atoms with van der Waals surface area (Å²) in [6.07, 6.45) is 24.1. The lowest BCUT2D eigenvalue weighted by molar-refractivity contribution is 1.40. The maximum atomic E-state index is 2.25. The molecule has 0 fully saturated rings. The molecular weight excluding hydrogens is 336 g/mol. The Hall–Kier alpha value is -3.38. The number of rotatable bonds is 4. The molecule has 2 aliphatic rings. The molecule has 0 aromatic heterocycles. The first-order chi connectivity index (χ1) is 13.9. The van der Waals surface area contributed by atoms with Crippen molar-refractivity contribution in [2.75, 3.05) is 0 Å². The molecule has 0 amide bonds. The fraction of sp³-hybridized carbons (Fsp3) is 0.0714. The van der Waals surface area contributed by atoms with Crippen LogP contribution < -0.4 is 0 Å². The van der Waals surface area contributed by atoms with Gasteiger partial charge in [0.2, 0.25) is 0 Å². The quantitative estimate of drug-likeness (QED) is 0.496. The predicted molar refractivity (Wildman–Crippen MR) is 122 cm³/mol. The third-order valence-electron chi connectivity index (χ3n) is 4.92. The van der Waals surface area contributed by atoms with Crippen LogP contribution in [0.5, 0.6) is 0 Å². The summed E-state index contributed by atoms with van der Waals surface area (Å²) >= 11 is 0. The van der Waals surface area contributed by atoms with Crippen LogP contribution in [-0.2, 0) is 0 Å². The van der Waals surface area contributed by atoms with Gasteiger partial charge in [0.15, 0.2) is 0 Å². The number of allylic oxidation sites excluding steroid dienone is 14. The summed E-state index contributed by atoms with van der Waals surface area (Å²) in [6.45, 7) is 0. The van der Waals surface area contributed by atoms with Crippen molar-refractivity contribution in [2.24, 2.45) is 0 Å². The smallest absolute Gasteiger partial charge is 0.00269 e. The molecule has 0 atom stereocenters. The van der Waals surface area contributed by atoms with E-state index in [0.29, 0.717) is 0 Å². The van der Waals surface area contributed by atoms with Gasteiger partial charge in [-0.25, -0.2) is 0 Å². The minimum absolute atomic E-state index is 0.966. The second-order valence-electron chi connectivity index (χ2n) is 6.86. The van der Waals surface area contributed by atoms with E-state index in [4.69, 9.17) is 0 Å². The lowest BCUT2D eigenvalue weighted by Crippen LogP contribution is -1.98. The average Bonchev–Trinajstić information content (AvgIpc) is 3.18. The van der Waals surface area contributed by atoms with Gasteiger partial charge in [-0.1, -0.05) is 121 Å². The van der Waals surface area contributed by atoms with E-state index in [0.717, 1.165) is 12.8 Å². The fourth-order valence-electron chi connectivity index (χ4n) is 3.61. The first-order valence-electron chi connectivity index (χ1n) is 9.86. The largest absolute Gasteiger partial charge is 0.0807 e. The summed E-state index contributed by atoms with van der Waals surface area (Å²) in [5, 5.41) is 0. The number of hydrogen-bond donors (Lipinski definition) is 0. The van der Waals surface area contributed by atoms with Gasteiger partial charge in [-0.2, -0.15) is 0 Å². The maximum absolute atomic E-state index is 2.25. The van der Waals surface area contributed by atoms with Gasteiger partial charge < -0.3 is 0 Å². The van der Waals surface area contributed by atoms with Gasteiger partial charge >= 0.3 is 0 Å². The van der Waals surface area contributed by atoms with Crippen LogP contribution in [0.25, 0.3) is 11.1 Å².